The SMILES string of the molecule is Cl.N#Cc1ccnc(S(=O)(=O)NC2CCCNC2)c1. The van der Waals surface area contributed by atoms with Crippen LogP contribution in [0.5, 0.6) is 0 Å². The number of nitrogens with zero attached hydrogens (tertiary/aromatic N) is 2. The summed E-state index contributed by atoms with van der Waals surface area (Å²) in [5.41, 5.74) is 0.284. The van der Waals surface area contributed by atoms with Crippen LogP contribution in [0.4, 0.5) is 0 Å². The van der Waals surface area contributed by atoms with Crippen molar-refractivity contribution in [2.24, 2.45) is 0 Å². The number of sulfonamides is 1. The predicted octanol–water partition coefficient (Wildman–Crippen LogP) is 0.405. The van der Waals surface area contributed by atoms with Crippen molar-refractivity contribution in [1.82, 2.24) is 15.0 Å². The Morgan fingerprint density at radius 3 is 2.95 bits per heavy atom. The molecule has 1 unspecified atom stereocenters. The third-order valence-corrected chi connectivity index (χ3v) is 4.18. The van der Waals surface area contributed by atoms with Gasteiger partial charge in [0.05, 0.1) is 11.6 Å². The lowest BCUT2D eigenvalue weighted by Crippen LogP contribution is -2.45. The van der Waals surface area contributed by atoms with E-state index in [1.54, 1.807) is 0 Å². The number of nitriles is 1. The van der Waals surface area contributed by atoms with E-state index in [2.05, 4.69) is 15.0 Å². The van der Waals surface area contributed by atoms with Gasteiger partial charge in [0.15, 0.2) is 5.03 Å². The summed E-state index contributed by atoms with van der Waals surface area (Å²) in [4.78, 5) is 3.80. The molecule has 0 aromatic carbocycles. The lowest BCUT2D eigenvalue weighted by Gasteiger charge is -2.23. The van der Waals surface area contributed by atoms with Gasteiger partial charge in [-0.3, -0.25) is 0 Å². The summed E-state index contributed by atoms with van der Waals surface area (Å²) < 4.78 is 26.7. The number of piperidine rings is 1. The average molecular weight is 303 g/mol. The minimum atomic E-state index is -3.64. The molecule has 0 amide bonds. The Balaban J connectivity index is 0.00000180. The van der Waals surface area contributed by atoms with E-state index in [-0.39, 0.29) is 29.0 Å². The molecule has 2 rings (SSSR count). The Kier molecular flexibility index (Phi) is 5.69. The number of hydrogen-bond acceptors (Lipinski definition) is 5. The Hall–Kier alpha value is -1.20. The molecule has 1 atom stereocenters. The fourth-order valence-corrected chi connectivity index (χ4v) is 3.10. The number of hydrogen-bond donors (Lipinski definition) is 2. The van der Waals surface area contributed by atoms with E-state index in [0.29, 0.717) is 6.54 Å². The summed E-state index contributed by atoms with van der Waals surface area (Å²) in [6.45, 7) is 1.54. The number of halogens is 1. The van der Waals surface area contributed by atoms with Crippen molar-refractivity contribution in [2.45, 2.75) is 23.9 Å². The smallest absolute Gasteiger partial charge is 0.258 e. The van der Waals surface area contributed by atoms with Gasteiger partial charge >= 0.3 is 0 Å². The van der Waals surface area contributed by atoms with Crippen LogP contribution in [-0.2, 0) is 10.0 Å². The fraction of sp³-hybridized carbons (Fsp3) is 0.455. The first-order valence-corrected chi connectivity index (χ1v) is 7.19. The van der Waals surface area contributed by atoms with Crippen LogP contribution >= 0.6 is 12.4 Å². The van der Waals surface area contributed by atoms with Crippen molar-refractivity contribution >= 4 is 22.4 Å². The Labute approximate surface area is 118 Å². The van der Waals surface area contributed by atoms with Crippen LogP contribution in [0, 0.1) is 11.3 Å². The van der Waals surface area contributed by atoms with Gasteiger partial charge in [0.25, 0.3) is 10.0 Å². The molecule has 0 bridgehead atoms. The van der Waals surface area contributed by atoms with Crippen LogP contribution in [0.25, 0.3) is 0 Å². The predicted molar refractivity (Wildman–Crippen MR) is 72.4 cm³/mol. The molecular weight excluding hydrogens is 288 g/mol. The molecule has 104 valence electrons. The zero-order valence-corrected chi connectivity index (χ0v) is 11.8. The van der Waals surface area contributed by atoms with Crippen LogP contribution < -0.4 is 10.0 Å². The highest BCUT2D eigenvalue weighted by Crippen LogP contribution is 2.10. The average Bonchev–Trinajstić information content (AvgIpc) is 2.39. The highest BCUT2D eigenvalue weighted by molar-refractivity contribution is 7.89. The molecule has 1 fully saturated rings. The summed E-state index contributed by atoms with van der Waals surface area (Å²) in [7, 11) is -3.64. The molecule has 6 nitrogen and oxygen atoms in total. The van der Waals surface area contributed by atoms with Crippen molar-refractivity contribution in [1.29, 1.82) is 5.26 Å². The molecule has 0 aliphatic carbocycles. The van der Waals surface area contributed by atoms with E-state index in [1.165, 1.54) is 18.3 Å². The molecule has 1 aromatic heterocycles. The molecule has 19 heavy (non-hydrogen) atoms. The number of rotatable bonds is 3. The van der Waals surface area contributed by atoms with Crippen LogP contribution in [-0.4, -0.2) is 32.5 Å². The van der Waals surface area contributed by atoms with Crippen LogP contribution in [0.1, 0.15) is 18.4 Å². The summed E-state index contributed by atoms with van der Waals surface area (Å²) >= 11 is 0. The van der Waals surface area contributed by atoms with Gasteiger partial charge in [-0.1, -0.05) is 0 Å². The third-order valence-electron chi connectivity index (χ3n) is 2.76. The van der Waals surface area contributed by atoms with Crippen molar-refractivity contribution in [3.63, 3.8) is 0 Å². The van der Waals surface area contributed by atoms with Crippen molar-refractivity contribution in [3.05, 3.63) is 23.9 Å². The molecule has 2 N–H and O–H groups in total. The topological polar surface area (TPSA) is 94.9 Å². The summed E-state index contributed by atoms with van der Waals surface area (Å²) in [5, 5.41) is 11.8. The van der Waals surface area contributed by atoms with Crippen molar-refractivity contribution in [2.75, 3.05) is 13.1 Å². The molecule has 1 aromatic rings. The van der Waals surface area contributed by atoms with Crippen molar-refractivity contribution in [3.8, 4) is 6.07 Å². The highest BCUT2D eigenvalue weighted by Gasteiger charge is 2.22. The first-order chi connectivity index (χ1) is 8.62. The molecule has 1 aliphatic rings. The fourth-order valence-electron chi connectivity index (χ4n) is 1.86. The van der Waals surface area contributed by atoms with Gasteiger partial charge in [-0.05, 0) is 31.5 Å². The Morgan fingerprint density at radius 2 is 2.32 bits per heavy atom. The Bertz CT molecular complexity index is 564. The largest absolute Gasteiger partial charge is 0.315 e. The maximum Gasteiger partial charge on any atom is 0.258 e. The van der Waals surface area contributed by atoms with E-state index in [9.17, 15) is 8.42 Å². The summed E-state index contributed by atoms with van der Waals surface area (Å²) in [5.74, 6) is 0. The zero-order valence-electron chi connectivity index (χ0n) is 10.2. The number of pyridine rings is 1. The Morgan fingerprint density at radius 1 is 1.53 bits per heavy atom. The minimum Gasteiger partial charge on any atom is -0.315 e. The van der Waals surface area contributed by atoms with Crippen molar-refractivity contribution < 1.29 is 8.42 Å². The van der Waals surface area contributed by atoms with E-state index in [0.717, 1.165) is 19.4 Å². The lowest BCUT2D eigenvalue weighted by molar-refractivity contribution is 0.428. The van der Waals surface area contributed by atoms with Gasteiger partial charge in [-0.25, -0.2) is 18.1 Å². The lowest BCUT2D eigenvalue weighted by atomic mass is 10.1. The van der Waals surface area contributed by atoms with Gasteiger partial charge < -0.3 is 5.32 Å². The third kappa shape index (κ3) is 4.14. The molecule has 0 radical (unpaired) electrons. The molecule has 1 saturated heterocycles. The summed E-state index contributed by atoms with van der Waals surface area (Å²) in [6, 6.07) is 4.53. The maximum absolute atomic E-state index is 12.1. The first-order valence-electron chi connectivity index (χ1n) is 5.71. The van der Waals surface area contributed by atoms with Crippen LogP contribution in [0.3, 0.4) is 0 Å². The van der Waals surface area contributed by atoms with E-state index in [1.807, 2.05) is 6.07 Å². The van der Waals surface area contributed by atoms with E-state index in [4.69, 9.17) is 5.26 Å². The van der Waals surface area contributed by atoms with Gasteiger partial charge in [0.2, 0.25) is 0 Å². The summed E-state index contributed by atoms with van der Waals surface area (Å²) in [6.07, 6.45) is 3.08. The quantitative estimate of drug-likeness (QED) is 0.843. The molecule has 1 aliphatic heterocycles. The first kappa shape index (κ1) is 15.9. The molecule has 8 heteroatoms. The van der Waals surface area contributed by atoms with Gasteiger partial charge in [0, 0.05) is 18.8 Å². The van der Waals surface area contributed by atoms with Gasteiger partial charge in [-0.2, -0.15) is 5.26 Å². The second-order valence-corrected chi connectivity index (χ2v) is 5.82. The maximum atomic E-state index is 12.1. The molecule has 0 spiro atoms. The second kappa shape index (κ2) is 6.82. The molecular formula is C11H15ClN4O2S. The van der Waals surface area contributed by atoms with Gasteiger partial charge in [0.1, 0.15) is 0 Å². The highest BCUT2D eigenvalue weighted by atomic mass is 35.5. The molecule has 2 heterocycles. The van der Waals surface area contributed by atoms with E-state index >= 15 is 0 Å². The molecule has 0 saturated carbocycles. The number of nitrogens with one attached hydrogen (secondary N) is 2. The normalized spacial score (nSPS) is 19.2. The second-order valence-electron chi connectivity index (χ2n) is 4.16. The van der Waals surface area contributed by atoms with Gasteiger partial charge in [-0.15, -0.1) is 12.4 Å². The zero-order chi connectivity index (χ0) is 13.0. The number of aromatic nitrogens is 1. The van der Waals surface area contributed by atoms with Crippen LogP contribution in [0.15, 0.2) is 23.4 Å². The van der Waals surface area contributed by atoms with E-state index < -0.39 is 10.0 Å². The standard InChI is InChI=1S/C11H14N4O2S.ClH/c12-7-9-3-5-14-11(6-9)18(16,17)15-10-2-1-4-13-8-10;/h3,5-6,10,13,15H,1-2,4,8H2;1H. The minimum absolute atomic E-state index is 0. The monoisotopic (exact) mass is 302 g/mol. The van der Waals surface area contributed by atoms with Crippen LogP contribution in [0.2, 0.25) is 0 Å².